The van der Waals surface area contributed by atoms with E-state index in [2.05, 4.69) is 10.3 Å². The van der Waals surface area contributed by atoms with Crippen LogP contribution in [0.3, 0.4) is 0 Å². The van der Waals surface area contributed by atoms with Crippen molar-refractivity contribution in [1.82, 2.24) is 15.2 Å². The number of aromatic nitrogens is 1. The van der Waals surface area contributed by atoms with E-state index >= 15 is 0 Å². The summed E-state index contributed by atoms with van der Waals surface area (Å²) >= 11 is 0. The number of nitrogens with zero attached hydrogens (tertiary/aromatic N) is 2. The number of nitrogens with one attached hydrogen (secondary N) is 1. The topological polar surface area (TPSA) is 62.3 Å². The molecular formula is C20H20F3N3O2. The van der Waals surface area contributed by atoms with Gasteiger partial charge in [-0.3, -0.25) is 14.6 Å². The highest BCUT2D eigenvalue weighted by atomic mass is 19.4. The van der Waals surface area contributed by atoms with Crippen molar-refractivity contribution in [3.05, 3.63) is 65.5 Å². The van der Waals surface area contributed by atoms with Crippen LogP contribution in [0, 0.1) is 5.92 Å². The number of amides is 2. The first kappa shape index (κ1) is 19.9. The first-order valence-electron chi connectivity index (χ1n) is 8.93. The maximum atomic E-state index is 12.9. The van der Waals surface area contributed by atoms with Crippen molar-refractivity contribution in [2.45, 2.75) is 32.1 Å². The summed E-state index contributed by atoms with van der Waals surface area (Å²) in [4.78, 5) is 30.0. The molecule has 3 rings (SSSR count). The molecule has 0 saturated carbocycles. The normalized spacial score (nSPS) is 17.5. The average molecular weight is 391 g/mol. The monoisotopic (exact) mass is 391 g/mol. The number of carbonyl (C=O) groups is 2. The van der Waals surface area contributed by atoms with Crippen LogP contribution in [0.4, 0.5) is 13.2 Å². The Hall–Kier alpha value is -2.90. The predicted octanol–water partition coefficient (Wildman–Crippen LogP) is 3.16. The van der Waals surface area contributed by atoms with Gasteiger partial charge in [0.25, 0.3) is 0 Å². The summed E-state index contributed by atoms with van der Waals surface area (Å²) in [7, 11) is 0. The van der Waals surface area contributed by atoms with Crippen molar-refractivity contribution >= 4 is 11.8 Å². The molecule has 1 aliphatic heterocycles. The zero-order valence-electron chi connectivity index (χ0n) is 15.1. The minimum Gasteiger partial charge on any atom is -0.352 e. The van der Waals surface area contributed by atoms with Crippen LogP contribution in [-0.2, 0) is 28.9 Å². The van der Waals surface area contributed by atoms with Gasteiger partial charge in [-0.1, -0.05) is 12.1 Å². The number of benzene rings is 1. The smallest absolute Gasteiger partial charge is 0.352 e. The number of hydrogen-bond donors (Lipinski definition) is 1. The Bertz CT molecular complexity index is 840. The molecule has 2 amide bonds. The molecular weight excluding hydrogens is 371 g/mol. The minimum absolute atomic E-state index is 0.0525. The molecule has 2 aromatic rings. The fourth-order valence-corrected chi connectivity index (χ4v) is 3.18. The number of alkyl halides is 3. The van der Waals surface area contributed by atoms with Gasteiger partial charge >= 0.3 is 6.18 Å². The Morgan fingerprint density at radius 3 is 2.64 bits per heavy atom. The third-order valence-electron chi connectivity index (χ3n) is 4.71. The number of carbonyl (C=O) groups excluding carboxylic acids is 2. The molecule has 5 nitrogen and oxygen atoms in total. The Morgan fingerprint density at radius 1 is 1.18 bits per heavy atom. The summed E-state index contributed by atoms with van der Waals surface area (Å²) in [6.07, 6.45) is -0.529. The lowest BCUT2D eigenvalue weighted by Crippen LogP contribution is -2.45. The third-order valence-corrected chi connectivity index (χ3v) is 4.71. The van der Waals surface area contributed by atoms with Gasteiger partial charge in [-0.05, 0) is 41.8 Å². The van der Waals surface area contributed by atoms with E-state index in [1.807, 2.05) is 0 Å². The molecule has 1 saturated heterocycles. The van der Waals surface area contributed by atoms with Crippen molar-refractivity contribution in [2.75, 3.05) is 6.54 Å². The van der Waals surface area contributed by atoms with E-state index in [1.165, 1.54) is 11.0 Å². The van der Waals surface area contributed by atoms with Gasteiger partial charge in [0.15, 0.2) is 0 Å². The predicted molar refractivity (Wildman–Crippen MR) is 95.7 cm³/mol. The van der Waals surface area contributed by atoms with Gasteiger partial charge in [-0.25, -0.2) is 0 Å². The SMILES string of the molecule is O=C(NCc1ccncc1)[C@@H]1CCC(=O)N(Cc2cccc(C(F)(F)F)c2)C1. The molecule has 148 valence electrons. The zero-order chi connectivity index (χ0) is 20.1. The van der Waals surface area contributed by atoms with Gasteiger partial charge in [-0.15, -0.1) is 0 Å². The van der Waals surface area contributed by atoms with Crippen molar-refractivity contribution in [3.63, 3.8) is 0 Å². The molecule has 0 radical (unpaired) electrons. The summed E-state index contributed by atoms with van der Waals surface area (Å²) < 4.78 is 38.6. The number of piperidine rings is 1. The maximum absolute atomic E-state index is 12.9. The van der Waals surface area contributed by atoms with E-state index in [1.54, 1.807) is 30.6 Å². The van der Waals surface area contributed by atoms with Gasteiger partial charge in [0.05, 0.1) is 11.5 Å². The molecule has 1 N–H and O–H groups in total. The largest absolute Gasteiger partial charge is 0.416 e. The Kier molecular flexibility index (Phi) is 5.96. The van der Waals surface area contributed by atoms with E-state index in [0.29, 0.717) is 18.5 Å². The highest BCUT2D eigenvalue weighted by molar-refractivity contribution is 5.83. The molecule has 0 spiro atoms. The Labute approximate surface area is 160 Å². The van der Waals surface area contributed by atoms with E-state index in [9.17, 15) is 22.8 Å². The van der Waals surface area contributed by atoms with Gasteiger partial charge in [0.2, 0.25) is 11.8 Å². The Morgan fingerprint density at radius 2 is 1.93 bits per heavy atom. The summed E-state index contributed by atoms with van der Waals surface area (Å²) in [5, 5.41) is 2.84. The lowest BCUT2D eigenvalue weighted by molar-refractivity contribution is -0.139. The number of hydrogen-bond acceptors (Lipinski definition) is 3. The second-order valence-electron chi connectivity index (χ2n) is 6.78. The van der Waals surface area contributed by atoms with Crippen LogP contribution in [0.25, 0.3) is 0 Å². The van der Waals surface area contributed by atoms with Crippen LogP contribution in [-0.4, -0.2) is 28.2 Å². The van der Waals surface area contributed by atoms with E-state index in [-0.39, 0.29) is 37.2 Å². The third kappa shape index (κ3) is 5.09. The molecule has 1 fully saturated rings. The maximum Gasteiger partial charge on any atom is 0.416 e. The van der Waals surface area contributed by atoms with Crippen LogP contribution < -0.4 is 5.32 Å². The highest BCUT2D eigenvalue weighted by Crippen LogP contribution is 2.30. The van der Waals surface area contributed by atoms with Crippen LogP contribution in [0.2, 0.25) is 0 Å². The summed E-state index contributed by atoms with van der Waals surface area (Å²) in [6, 6.07) is 8.51. The molecule has 1 aromatic carbocycles. The average Bonchev–Trinajstić information content (AvgIpc) is 2.68. The van der Waals surface area contributed by atoms with Gasteiger partial charge in [0, 0.05) is 38.4 Å². The number of pyridine rings is 1. The van der Waals surface area contributed by atoms with Crippen molar-refractivity contribution in [2.24, 2.45) is 5.92 Å². The van der Waals surface area contributed by atoms with Crippen LogP contribution in [0.5, 0.6) is 0 Å². The molecule has 1 aliphatic rings. The number of halogens is 3. The van der Waals surface area contributed by atoms with E-state index in [0.717, 1.165) is 17.7 Å². The van der Waals surface area contributed by atoms with Gasteiger partial charge < -0.3 is 10.2 Å². The summed E-state index contributed by atoms with van der Waals surface area (Å²) in [5.74, 6) is -0.709. The second-order valence-corrected chi connectivity index (χ2v) is 6.78. The van der Waals surface area contributed by atoms with Crippen molar-refractivity contribution in [1.29, 1.82) is 0 Å². The lowest BCUT2D eigenvalue weighted by atomic mass is 9.96. The summed E-state index contributed by atoms with van der Waals surface area (Å²) in [5.41, 5.74) is 0.554. The molecule has 1 aromatic heterocycles. The fourth-order valence-electron chi connectivity index (χ4n) is 3.18. The molecule has 1 atom stereocenters. The Balaban J connectivity index is 1.61. The molecule has 0 aliphatic carbocycles. The van der Waals surface area contributed by atoms with E-state index in [4.69, 9.17) is 0 Å². The van der Waals surface area contributed by atoms with Crippen molar-refractivity contribution in [3.8, 4) is 0 Å². The van der Waals surface area contributed by atoms with Gasteiger partial charge in [-0.2, -0.15) is 13.2 Å². The highest BCUT2D eigenvalue weighted by Gasteiger charge is 2.32. The molecule has 0 unspecified atom stereocenters. The minimum atomic E-state index is -4.43. The zero-order valence-corrected chi connectivity index (χ0v) is 15.1. The molecule has 0 bridgehead atoms. The second kappa shape index (κ2) is 8.41. The molecule has 2 heterocycles. The first-order chi connectivity index (χ1) is 13.3. The summed E-state index contributed by atoms with van der Waals surface area (Å²) in [6.45, 7) is 0.605. The van der Waals surface area contributed by atoms with Crippen LogP contribution >= 0.6 is 0 Å². The fraction of sp³-hybridized carbons (Fsp3) is 0.350. The molecule has 8 heteroatoms. The number of rotatable bonds is 5. The first-order valence-corrected chi connectivity index (χ1v) is 8.93. The van der Waals surface area contributed by atoms with Crippen LogP contribution in [0.15, 0.2) is 48.8 Å². The van der Waals surface area contributed by atoms with Gasteiger partial charge in [0.1, 0.15) is 0 Å². The lowest BCUT2D eigenvalue weighted by Gasteiger charge is -2.32. The standard InChI is InChI=1S/C20H20F3N3O2/c21-20(22,23)17-3-1-2-15(10-17)12-26-13-16(4-5-18(26)27)19(28)25-11-14-6-8-24-9-7-14/h1-3,6-10,16H,4-5,11-13H2,(H,25,28)/t16-/m1/s1. The molecule has 28 heavy (non-hydrogen) atoms. The van der Waals surface area contributed by atoms with Crippen LogP contribution in [0.1, 0.15) is 29.5 Å². The van der Waals surface area contributed by atoms with E-state index < -0.39 is 11.7 Å². The number of likely N-dealkylation sites (tertiary alicyclic amines) is 1. The van der Waals surface area contributed by atoms with Crippen molar-refractivity contribution < 1.29 is 22.8 Å². The quantitative estimate of drug-likeness (QED) is 0.852.